The van der Waals surface area contributed by atoms with Gasteiger partial charge in [0.2, 0.25) is 0 Å². The fraction of sp³-hybridized carbons (Fsp3) is 0.600. The molecule has 0 aromatic heterocycles. The third-order valence-corrected chi connectivity index (χ3v) is 3.61. The molecule has 1 aromatic carbocycles. The van der Waals surface area contributed by atoms with Crippen LogP contribution in [0.3, 0.4) is 0 Å². The van der Waals surface area contributed by atoms with Crippen molar-refractivity contribution in [2.45, 2.75) is 32.9 Å². The number of ether oxygens (including phenoxy) is 1. The molecule has 0 aliphatic carbocycles. The van der Waals surface area contributed by atoms with E-state index in [1.165, 1.54) is 16.8 Å². The van der Waals surface area contributed by atoms with Gasteiger partial charge in [0, 0.05) is 18.8 Å². The predicted molar refractivity (Wildman–Crippen MR) is 76.2 cm³/mol. The van der Waals surface area contributed by atoms with Gasteiger partial charge < -0.3 is 15.0 Å². The van der Waals surface area contributed by atoms with E-state index >= 15 is 0 Å². The van der Waals surface area contributed by atoms with Crippen LogP contribution in [-0.4, -0.2) is 32.8 Å². The van der Waals surface area contributed by atoms with E-state index in [2.05, 4.69) is 42.3 Å². The first kappa shape index (κ1) is 13.4. The van der Waals surface area contributed by atoms with Crippen molar-refractivity contribution in [3.8, 4) is 0 Å². The Morgan fingerprint density at radius 3 is 3.00 bits per heavy atom. The number of aryl methyl sites for hydroxylation is 1. The second-order valence-electron chi connectivity index (χ2n) is 4.99. The third kappa shape index (κ3) is 2.85. The summed E-state index contributed by atoms with van der Waals surface area (Å²) in [5.74, 6) is 0. The molecule has 1 heterocycles. The summed E-state index contributed by atoms with van der Waals surface area (Å²) < 4.78 is 5.59. The van der Waals surface area contributed by atoms with E-state index in [1.807, 2.05) is 7.05 Å². The Balaban J connectivity index is 2.29. The first-order valence-electron chi connectivity index (χ1n) is 6.84. The molecule has 3 heteroatoms. The second kappa shape index (κ2) is 6.21. The van der Waals surface area contributed by atoms with Crippen molar-refractivity contribution in [1.82, 2.24) is 5.32 Å². The molecule has 3 nitrogen and oxygen atoms in total. The Labute approximate surface area is 110 Å². The number of hydrogen-bond donors (Lipinski definition) is 1. The highest BCUT2D eigenvalue weighted by atomic mass is 16.5. The number of morpholine rings is 1. The lowest BCUT2D eigenvalue weighted by atomic mass is 10.0. The summed E-state index contributed by atoms with van der Waals surface area (Å²) in [4.78, 5) is 2.51. The van der Waals surface area contributed by atoms with Crippen LogP contribution >= 0.6 is 0 Å². The molecular formula is C15H24N2O. The van der Waals surface area contributed by atoms with Crippen LogP contribution in [0.4, 0.5) is 5.69 Å². The summed E-state index contributed by atoms with van der Waals surface area (Å²) in [6, 6.07) is 7.26. The molecule has 1 unspecified atom stereocenters. The molecule has 1 N–H and O–H groups in total. The Morgan fingerprint density at radius 1 is 1.44 bits per heavy atom. The van der Waals surface area contributed by atoms with Crippen LogP contribution in [0.5, 0.6) is 0 Å². The average Bonchev–Trinajstić information content (AvgIpc) is 2.39. The minimum absolute atomic E-state index is 0.511. The summed E-state index contributed by atoms with van der Waals surface area (Å²) in [6.45, 7) is 7.99. The molecule has 1 fully saturated rings. The van der Waals surface area contributed by atoms with Gasteiger partial charge in [-0.15, -0.1) is 0 Å². The highest BCUT2D eigenvalue weighted by molar-refractivity contribution is 5.56. The van der Waals surface area contributed by atoms with E-state index in [1.54, 1.807) is 0 Å². The van der Waals surface area contributed by atoms with Crippen LogP contribution in [0.1, 0.15) is 24.5 Å². The van der Waals surface area contributed by atoms with Gasteiger partial charge in [-0.1, -0.05) is 24.6 Å². The van der Waals surface area contributed by atoms with E-state index < -0.39 is 0 Å². The normalized spacial score (nSPS) is 20.2. The third-order valence-electron chi connectivity index (χ3n) is 3.61. The van der Waals surface area contributed by atoms with Gasteiger partial charge in [-0.25, -0.2) is 0 Å². The van der Waals surface area contributed by atoms with Crippen LogP contribution < -0.4 is 10.2 Å². The van der Waals surface area contributed by atoms with Crippen LogP contribution in [0.25, 0.3) is 0 Å². The van der Waals surface area contributed by atoms with Crippen LogP contribution in [-0.2, 0) is 11.3 Å². The molecular weight excluding hydrogens is 224 g/mol. The summed E-state index contributed by atoms with van der Waals surface area (Å²) in [6.07, 6.45) is 1.13. The lowest BCUT2D eigenvalue weighted by molar-refractivity contribution is 0.0929. The lowest BCUT2D eigenvalue weighted by Gasteiger charge is -2.38. The van der Waals surface area contributed by atoms with Crippen LogP contribution in [0.15, 0.2) is 18.2 Å². The maximum Gasteiger partial charge on any atom is 0.0670 e. The standard InChI is InChI=1S/C15H24N2O/c1-4-14-11-18-8-7-17(14)15-6-5-12(2)9-13(15)10-16-3/h5-6,9,14,16H,4,7-8,10-11H2,1-3H3. The molecule has 1 aliphatic rings. The van der Waals surface area contributed by atoms with Gasteiger partial charge in [0.25, 0.3) is 0 Å². The minimum atomic E-state index is 0.511. The summed E-state index contributed by atoms with van der Waals surface area (Å²) >= 11 is 0. The van der Waals surface area contributed by atoms with Gasteiger partial charge in [-0.3, -0.25) is 0 Å². The van der Waals surface area contributed by atoms with E-state index in [-0.39, 0.29) is 0 Å². The van der Waals surface area contributed by atoms with E-state index in [4.69, 9.17) is 4.74 Å². The fourth-order valence-corrected chi connectivity index (χ4v) is 2.64. The number of hydrogen-bond acceptors (Lipinski definition) is 3. The highest BCUT2D eigenvalue weighted by Crippen LogP contribution is 2.26. The second-order valence-corrected chi connectivity index (χ2v) is 4.99. The van der Waals surface area contributed by atoms with Crippen molar-refractivity contribution in [2.75, 3.05) is 31.7 Å². The molecule has 1 aliphatic heterocycles. The summed E-state index contributed by atoms with van der Waals surface area (Å²) in [5.41, 5.74) is 4.08. The zero-order valence-corrected chi connectivity index (χ0v) is 11.7. The zero-order chi connectivity index (χ0) is 13.0. The van der Waals surface area contributed by atoms with Crippen LogP contribution in [0.2, 0.25) is 0 Å². The first-order valence-corrected chi connectivity index (χ1v) is 6.84. The Kier molecular flexibility index (Phi) is 4.61. The monoisotopic (exact) mass is 248 g/mol. The molecule has 0 spiro atoms. The molecule has 1 atom stereocenters. The number of nitrogens with zero attached hydrogens (tertiary/aromatic N) is 1. The molecule has 0 saturated carbocycles. The molecule has 100 valence electrons. The molecule has 0 amide bonds. The number of rotatable bonds is 4. The molecule has 0 bridgehead atoms. The van der Waals surface area contributed by atoms with Gasteiger partial charge >= 0.3 is 0 Å². The van der Waals surface area contributed by atoms with Crippen molar-refractivity contribution in [3.63, 3.8) is 0 Å². The molecule has 2 rings (SSSR count). The van der Waals surface area contributed by atoms with E-state index in [0.717, 1.165) is 32.7 Å². The minimum Gasteiger partial charge on any atom is -0.377 e. The zero-order valence-electron chi connectivity index (χ0n) is 11.7. The smallest absolute Gasteiger partial charge is 0.0670 e. The molecule has 1 saturated heterocycles. The summed E-state index contributed by atoms with van der Waals surface area (Å²) in [7, 11) is 2.00. The lowest BCUT2D eigenvalue weighted by Crippen LogP contribution is -2.45. The first-order chi connectivity index (χ1) is 8.76. The van der Waals surface area contributed by atoms with E-state index in [0.29, 0.717) is 6.04 Å². The fourth-order valence-electron chi connectivity index (χ4n) is 2.64. The van der Waals surface area contributed by atoms with Gasteiger partial charge in [0.05, 0.1) is 19.3 Å². The Morgan fingerprint density at radius 2 is 2.28 bits per heavy atom. The van der Waals surface area contributed by atoms with Crippen molar-refractivity contribution >= 4 is 5.69 Å². The van der Waals surface area contributed by atoms with Crippen molar-refractivity contribution < 1.29 is 4.74 Å². The number of nitrogens with one attached hydrogen (secondary N) is 1. The average molecular weight is 248 g/mol. The van der Waals surface area contributed by atoms with Crippen LogP contribution in [0, 0.1) is 6.92 Å². The quantitative estimate of drug-likeness (QED) is 0.885. The summed E-state index contributed by atoms with van der Waals surface area (Å²) in [5, 5.41) is 3.27. The maximum atomic E-state index is 5.59. The predicted octanol–water partition coefficient (Wildman–Crippen LogP) is 2.33. The highest BCUT2D eigenvalue weighted by Gasteiger charge is 2.23. The van der Waals surface area contributed by atoms with Gasteiger partial charge in [-0.2, -0.15) is 0 Å². The molecule has 1 aromatic rings. The topological polar surface area (TPSA) is 24.5 Å². The van der Waals surface area contributed by atoms with E-state index in [9.17, 15) is 0 Å². The largest absolute Gasteiger partial charge is 0.377 e. The Hall–Kier alpha value is -1.06. The van der Waals surface area contributed by atoms with Crippen molar-refractivity contribution in [3.05, 3.63) is 29.3 Å². The number of anilines is 1. The SMILES string of the molecule is CCC1COCCN1c1ccc(C)cc1CNC. The van der Waals surface area contributed by atoms with Gasteiger partial charge in [-0.05, 0) is 32.0 Å². The van der Waals surface area contributed by atoms with Gasteiger partial charge in [0.15, 0.2) is 0 Å². The van der Waals surface area contributed by atoms with Crippen molar-refractivity contribution in [2.24, 2.45) is 0 Å². The molecule has 18 heavy (non-hydrogen) atoms. The molecule has 0 radical (unpaired) electrons. The van der Waals surface area contributed by atoms with Gasteiger partial charge in [0.1, 0.15) is 0 Å². The maximum absolute atomic E-state index is 5.59. The number of benzene rings is 1. The van der Waals surface area contributed by atoms with Crippen molar-refractivity contribution in [1.29, 1.82) is 0 Å². The Bertz CT molecular complexity index is 392.